The number of hydrogen-bond donors (Lipinski definition) is 1. The summed E-state index contributed by atoms with van der Waals surface area (Å²) in [5, 5.41) is 0.511. The molecule has 0 radical (unpaired) electrons. The van der Waals surface area contributed by atoms with E-state index in [0.29, 0.717) is 5.25 Å². The summed E-state index contributed by atoms with van der Waals surface area (Å²) in [5.41, 5.74) is 7.81. The van der Waals surface area contributed by atoms with Gasteiger partial charge in [-0.1, -0.05) is 19.1 Å². The van der Waals surface area contributed by atoms with Crippen LogP contribution in [0, 0.1) is 5.82 Å². The summed E-state index contributed by atoms with van der Waals surface area (Å²) in [7, 11) is 0. The minimum Gasteiger partial charge on any atom is -0.324 e. The number of hydrogen-bond acceptors (Lipinski definition) is 2. The van der Waals surface area contributed by atoms with Gasteiger partial charge in [0, 0.05) is 22.6 Å². The van der Waals surface area contributed by atoms with Gasteiger partial charge in [0.2, 0.25) is 0 Å². The highest BCUT2D eigenvalue weighted by Crippen LogP contribution is 2.34. The van der Waals surface area contributed by atoms with Crippen LogP contribution in [0.2, 0.25) is 0 Å². The van der Waals surface area contributed by atoms with Gasteiger partial charge in [-0.05, 0) is 18.1 Å². The van der Waals surface area contributed by atoms with E-state index in [1.807, 2.05) is 6.07 Å². The van der Waals surface area contributed by atoms with Crippen molar-refractivity contribution in [1.82, 2.24) is 0 Å². The minimum atomic E-state index is -0.112. The number of benzene rings is 1. The fraction of sp³-hybridized carbons (Fsp3) is 0.455. The highest BCUT2D eigenvalue weighted by atomic mass is 32.2. The van der Waals surface area contributed by atoms with E-state index in [9.17, 15) is 4.39 Å². The average molecular weight is 211 g/mol. The Hall–Kier alpha value is -0.540. The van der Waals surface area contributed by atoms with E-state index in [1.54, 1.807) is 17.8 Å². The first-order valence-electron chi connectivity index (χ1n) is 4.83. The normalized spacial score (nSPS) is 26.8. The van der Waals surface area contributed by atoms with Crippen molar-refractivity contribution in [2.75, 3.05) is 0 Å². The van der Waals surface area contributed by atoms with Gasteiger partial charge in [0.15, 0.2) is 0 Å². The number of halogens is 1. The summed E-state index contributed by atoms with van der Waals surface area (Å²) in [6.45, 7) is 2.15. The summed E-state index contributed by atoms with van der Waals surface area (Å²) in [6, 6.07) is 5.20. The molecule has 0 saturated carbocycles. The zero-order valence-electron chi connectivity index (χ0n) is 8.16. The second-order valence-corrected chi connectivity index (χ2v) is 5.20. The molecule has 1 aromatic carbocycles. The summed E-state index contributed by atoms with van der Waals surface area (Å²) in [5.74, 6) is 0.635. The largest absolute Gasteiger partial charge is 0.324 e. The zero-order chi connectivity index (χ0) is 10.1. The highest BCUT2D eigenvalue weighted by Gasteiger charge is 2.21. The van der Waals surface area contributed by atoms with Crippen molar-refractivity contribution in [2.24, 2.45) is 5.73 Å². The summed E-state index contributed by atoms with van der Waals surface area (Å²) < 4.78 is 13.5. The Morgan fingerprint density at radius 3 is 3.07 bits per heavy atom. The molecular weight excluding hydrogens is 197 g/mol. The molecule has 0 fully saturated rings. The van der Waals surface area contributed by atoms with Gasteiger partial charge in [-0.25, -0.2) is 4.39 Å². The second-order valence-electron chi connectivity index (χ2n) is 3.77. The number of nitrogens with two attached hydrogens (primary N) is 1. The first kappa shape index (κ1) is 9.99. The van der Waals surface area contributed by atoms with Crippen LogP contribution in [0.1, 0.15) is 30.5 Å². The fourth-order valence-electron chi connectivity index (χ4n) is 1.85. The Kier molecular flexibility index (Phi) is 2.79. The van der Waals surface area contributed by atoms with Gasteiger partial charge in [-0.3, -0.25) is 0 Å². The lowest BCUT2D eigenvalue weighted by Crippen LogP contribution is -2.14. The fourth-order valence-corrected chi connectivity index (χ4v) is 2.95. The summed E-state index contributed by atoms with van der Waals surface area (Å²) >= 11 is 1.78. The van der Waals surface area contributed by atoms with Crippen molar-refractivity contribution >= 4 is 11.8 Å². The molecule has 1 heterocycles. The van der Waals surface area contributed by atoms with E-state index in [1.165, 1.54) is 6.07 Å². The van der Waals surface area contributed by atoms with Crippen LogP contribution in [-0.2, 0) is 5.75 Å². The van der Waals surface area contributed by atoms with E-state index in [4.69, 9.17) is 5.73 Å². The molecule has 1 aliphatic heterocycles. The van der Waals surface area contributed by atoms with Crippen LogP contribution in [0.3, 0.4) is 0 Å². The van der Waals surface area contributed by atoms with Crippen LogP contribution in [0.5, 0.6) is 0 Å². The predicted molar refractivity (Wildman–Crippen MR) is 58.7 cm³/mol. The van der Waals surface area contributed by atoms with Crippen molar-refractivity contribution in [3.05, 3.63) is 35.1 Å². The SMILES string of the molecule is CC1C[C@H](N)c2cccc(F)c2CS1. The quantitative estimate of drug-likeness (QED) is 0.714. The van der Waals surface area contributed by atoms with Gasteiger partial charge < -0.3 is 5.73 Å². The molecule has 0 bridgehead atoms. The molecular formula is C11H14FNS. The van der Waals surface area contributed by atoms with Gasteiger partial charge in [-0.2, -0.15) is 11.8 Å². The molecule has 2 rings (SSSR count). The van der Waals surface area contributed by atoms with Crippen LogP contribution in [0.15, 0.2) is 18.2 Å². The van der Waals surface area contributed by atoms with Crippen LogP contribution in [-0.4, -0.2) is 5.25 Å². The van der Waals surface area contributed by atoms with Gasteiger partial charge in [0.05, 0.1) is 0 Å². The van der Waals surface area contributed by atoms with Crippen molar-refractivity contribution in [3.63, 3.8) is 0 Å². The molecule has 1 nitrogen and oxygen atoms in total. The number of thioether (sulfide) groups is 1. The van der Waals surface area contributed by atoms with Gasteiger partial charge in [0.1, 0.15) is 5.82 Å². The predicted octanol–water partition coefficient (Wildman–Crippen LogP) is 2.85. The molecule has 14 heavy (non-hydrogen) atoms. The van der Waals surface area contributed by atoms with Crippen LogP contribution >= 0.6 is 11.8 Å². The Labute approximate surface area is 87.9 Å². The first-order valence-corrected chi connectivity index (χ1v) is 5.88. The molecule has 0 amide bonds. The van der Waals surface area contributed by atoms with E-state index in [0.717, 1.165) is 23.3 Å². The molecule has 2 N–H and O–H groups in total. The van der Waals surface area contributed by atoms with Crippen LogP contribution in [0.25, 0.3) is 0 Å². The Balaban J connectivity index is 2.43. The molecule has 0 aliphatic carbocycles. The third-order valence-corrected chi connectivity index (χ3v) is 3.87. The van der Waals surface area contributed by atoms with E-state index in [-0.39, 0.29) is 11.9 Å². The molecule has 3 heteroatoms. The van der Waals surface area contributed by atoms with E-state index >= 15 is 0 Å². The van der Waals surface area contributed by atoms with E-state index < -0.39 is 0 Å². The third kappa shape index (κ3) is 1.79. The summed E-state index contributed by atoms with van der Waals surface area (Å²) in [4.78, 5) is 0. The third-order valence-electron chi connectivity index (χ3n) is 2.65. The van der Waals surface area contributed by atoms with Crippen molar-refractivity contribution < 1.29 is 4.39 Å². The Morgan fingerprint density at radius 2 is 2.29 bits per heavy atom. The average Bonchev–Trinajstić information content (AvgIpc) is 2.28. The summed E-state index contributed by atoms with van der Waals surface area (Å²) in [6.07, 6.45) is 0.932. The maximum Gasteiger partial charge on any atom is 0.127 e. The zero-order valence-corrected chi connectivity index (χ0v) is 8.98. The number of fused-ring (bicyclic) bond motifs is 1. The van der Waals surface area contributed by atoms with Gasteiger partial charge in [0.25, 0.3) is 0 Å². The maximum atomic E-state index is 13.5. The molecule has 0 spiro atoms. The standard InChI is InChI=1S/C11H14FNS/c1-7-5-11(13)8-3-2-4-10(12)9(8)6-14-7/h2-4,7,11H,5-6,13H2,1H3/t7?,11-/m0/s1. The smallest absolute Gasteiger partial charge is 0.127 e. The van der Waals surface area contributed by atoms with E-state index in [2.05, 4.69) is 6.92 Å². The molecule has 0 aromatic heterocycles. The molecule has 1 aromatic rings. The topological polar surface area (TPSA) is 26.0 Å². The first-order chi connectivity index (χ1) is 6.68. The van der Waals surface area contributed by atoms with Gasteiger partial charge in [-0.15, -0.1) is 0 Å². The highest BCUT2D eigenvalue weighted by molar-refractivity contribution is 7.99. The molecule has 2 atom stereocenters. The van der Waals surface area contributed by atoms with Crippen LogP contribution < -0.4 is 5.73 Å². The molecule has 1 aliphatic rings. The molecule has 1 unspecified atom stereocenters. The minimum absolute atomic E-state index is 0.00861. The maximum absolute atomic E-state index is 13.5. The lowest BCUT2D eigenvalue weighted by atomic mass is 9.98. The molecule has 0 saturated heterocycles. The lowest BCUT2D eigenvalue weighted by Gasteiger charge is -2.13. The number of rotatable bonds is 0. The van der Waals surface area contributed by atoms with Crippen molar-refractivity contribution in [2.45, 2.75) is 30.4 Å². The Morgan fingerprint density at radius 1 is 1.50 bits per heavy atom. The Bertz CT molecular complexity index is 340. The van der Waals surface area contributed by atoms with Gasteiger partial charge >= 0.3 is 0 Å². The lowest BCUT2D eigenvalue weighted by molar-refractivity contribution is 0.601. The van der Waals surface area contributed by atoms with Crippen LogP contribution in [0.4, 0.5) is 4.39 Å². The van der Waals surface area contributed by atoms with Crippen molar-refractivity contribution in [1.29, 1.82) is 0 Å². The van der Waals surface area contributed by atoms with Crippen molar-refractivity contribution in [3.8, 4) is 0 Å². The second kappa shape index (κ2) is 3.91. The molecule has 76 valence electrons. The monoisotopic (exact) mass is 211 g/mol.